The highest BCUT2D eigenvalue weighted by atomic mass is 32.2. The van der Waals surface area contributed by atoms with Crippen LogP contribution in [0.2, 0.25) is 0 Å². The fourth-order valence-electron chi connectivity index (χ4n) is 1.54. The molecule has 1 aromatic carbocycles. The van der Waals surface area contributed by atoms with Crippen LogP contribution < -0.4 is 0 Å². The van der Waals surface area contributed by atoms with Crippen molar-refractivity contribution < 1.29 is 18.7 Å². The summed E-state index contributed by atoms with van der Waals surface area (Å²) in [5.41, 5.74) is 0.647. The van der Waals surface area contributed by atoms with Crippen LogP contribution in [-0.4, -0.2) is 26.5 Å². The summed E-state index contributed by atoms with van der Waals surface area (Å²) < 4.78 is 18.3. The maximum absolute atomic E-state index is 12.8. The van der Waals surface area contributed by atoms with Crippen LogP contribution in [0.25, 0.3) is 11.5 Å². The van der Waals surface area contributed by atoms with Crippen molar-refractivity contribution in [1.82, 2.24) is 10.2 Å². The highest BCUT2D eigenvalue weighted by Gasteiger charge is 2.12. The van der Waals surface area contributed by atoms with Crippen LogP contribution >= 0.6 is 11.8 Å². The molecule has 7 heteroatoms. The van der Waals surface area contributed by atoms with E-state index in [1.807, 2.05) is 6.92 Å². The number of rotatable bonds is 6. The van der Waals surface area contributed by atoms with Crippen molar-refractivity contribution in [1.29, 1.82) is 0 Å². The van der Waals surface area contributed by atoms with Gasteiger partial charge in [0.25, 0.3) is 0 Å². The zero-order chi connectivity index (χ0) is 14.5. The number of aliphatic carboxylic acids is 1. The van der Waals surface area contributed by atoms with Crippen molar-refractivity contribution >= 4 is 17.7 Å². The van der Waals surface area contributed by atoms with Gasteiger partial charge < -0.3 is 9.52 Å². The highest BCUT2D eigenvalue weighted by Crippen LogP contribution is 2.23. The van der Waals surface area contributed by atoms with Crippen molar-refractivity contribution in [3.8, 4) is 11.5 Å². The van der Waals surface area contributed by atoms with Crippen LogP contribution in [0.5, 0.6) is 0 Å². The number of hydrogen-bond donors (Lipinski definition) is 1. The summed E-state index contributed by atoms with van der Waals surface area (Å²) in [5.74, 6) is 0.0370. The molecule has 0 spiro atoms. The van der Waals surface area contributed by atoms with E-state index in [1.165, 1.54) is 23.9 Å². The van der Waals surface area contributed by atoms with Gasteiger partial charge in [0.1, 0.15) is 5.82 Å². The maximum atomic E-state index is 12.8. The van der Waals surface area contributed by atoms with Crippen molar-refractivity contribution in [2.75, 3.05) is 0 Å². The average molecular weight is 296 g/mol. The summed E-state index contributed by atoms with van der Waals surface area (Å²) in [6, 6.07) is 5.77. The lowest BCUT2D eigenvalue weighted by molar-refractivity contribution is -0.136. The first-order valence-corrected chi connectivity index (χ1v) is 7.01. The molecule has 0 aliphatic heterocycles. The zero-order valence-electron chi connectivity index (χ0n) is 10.7. The van der Waals surface area contributed by atoms with Gasteiger partial charge in [-0.15, -0.1) is 22.0 Å². The molecule has 2 aromatic rings. The molecule has 0 aliphatic carbocycles. The molecule has 2 rings (SSSR count). The van der Waals surface area contributed by atoms with E-state index in [4.69, 9.17) is 9.52 Å². The lowest BCUT2D eigenvalue weighted by Gasteiger charge is -2.05. The van der Waals surface area contributed by atoms with Crippen molar-refractivity contribution in [3.05, 3.63) is 36.0 Å². The Balaban J connectivity index is 1.95. The van der Waals surface area contributed by atoms with Gasteiger partial charge in [0.15, 0.2) is 0 Å². The van der Waals surface area contributed by atoms with E-state index < -0.39 is 5.97 Å². The predicted octanol–water partition coefficient (Wildman–Crippen LogP) is 2.97. The van der Waals surface area contributed by atoms with Crippen molar-refractivity contribution in [2.45, 2.75) is 24.3 Å². The second-order valence-electron chi connectivity index (χ2n) is 4.23. The monoisotopic (exact) mass is 296 g/mol. The Kier molecular flexibility index (Phi) is 4.73. The van der Waals surface area contributed by atoms with Gasteiger partial charge in [-0.25, -0.2) is 4.39 Å². The Morgan fingerprint density at radius 3 is 2.75 bits per heavy atom. The number of nitrogens with zero attached hydrogens (tertiary/aromatic N) is 2. The number of aromatic nitrogens is 2. The van der Waals surface area contributed by atoms with Crippen molar-refractivity contribution in [2.24, 2.45) is 0 Å². The molecule has 0 saturated carbocycles. The first kappa shape index (κ1) is 14.5. The van der Waals surface area contributed by atoms with Crippen LogP contribution in [0.1, 0.15) is 19.2 Å². The average Bonchev–Trinajstić information content (AvgIpc) is 2.85. The summed E-state index contributed by atoms with van der Waals surface area (Å²) >= 11 is 1.43. The molecule has 1 N–H and O–H groups in total. The minimum absolute atomic E-state index is 0.0336. The molecule has 106 valence electrons. The number of hydrogen-bond acceptors (Lipinski definition) is 5. The Morgan fingerprint density at radius 1 is 1.40 bits per heavy atom. The van der Waals surface area contributed by atoms with Crippen LogP contribution in [-0.2, 0) is 10.5 Å². The van der Waals surface area contributed by atoms with Gasteiger partial charge in [-0.3, -0.25) is 4.79 Å². The number of halogens is 1. The SMILES string of the molecule is CC(CC(=O)O)SCc1nnc(-c2ccc(F)cc2)o1. The highest BCUT2D eigenvalue weighted by molar-refractivity contribution is 7.99. The summed E-state index contributed by atoms with van der Waals surface area (Å²) in [5, 5.41) is 16.4. The molecule has 1 unspecified atom stereocenters. The molecule has 0 saturated heterocycles. The first-order valence-electron chi connectivity index (χ1n) is 5.96. The quantitative estimate of drug-likeness (QED) is 0.883. The van der Waals surface area contributed by atoms with Gasteiger partial charge in [-0.2, -0.15) is 0 Å². The Morgan fingerprint density at radius 2 is 2.10 bits per heavy atom. The van der Waals surface area contributed by atoms with Crippen LogP contribution in [0.4, 0.5) is 4.39 Å². The summed E-state index contributed by atoms with van der Waals surface area (Å²) in [6.45, 7) is 1.83. The topological polar surface area (TPSA) is 76.2 Å². The Bertz CT molecular complexity index is 586. The van der Waals surface area contributed by atoms with E-state index in [0.717, 1.165) is 0 Å². The lowest BCUT2D eigenvalue weighted by Crippen LogP contribution is -2.05. The molecular formula is C13H13FN2O3S. The third-order valence-corrected chi connectivity index (χ3v) is 3.66. The minimum Gasteiger partial charge on any atom is -0.481 e. The number of carbonyl (C=O) groups is 1. The smallest absolute Gasteiger partial charge is 0.304 e. The molecule has 0 amide bonds. The van der Waals surface area contributed by atoms with E-state index >= 15 is 0 Å². The van der Waals surface area contributed by atoms with E-state index in [-0.39, 0.29) is 17.5 Å². The van der Waals surface area contributed by atoms with Gasteiger partial charge >= 0.3 is 5.97 Å². The number of benzene rings is 1. The van der Waals surface area contributed by atoms with Gasteiger partial charge in [-0.1, -0.05) is 6.92 Å². The number of carboxylic acid groups (broad SMARTS) is 1. The lowest BCUT2D eigenvalue weighted by atomic mass is 10.2. The molecule has 0 radical (unpaired) electrons. The zero-order valence-corrected chi connectivity index (χ0v) is 11.6. The van der Waals surface area contributed by atoms with Gasteiger partial charge in [0.05, 0.1) is 12.2 Å². The first-order chi connectivity index (χ1) is 9.54. The van der Waals surface area contributed by atoms with Crippen molar-refractivity contribution in [3.63, 3.8) is 0 Å². The van der Waals surface area contributed by atoms with Gasteiger partial charge in [0, 0.05) is 10.8 Å². The molecule has 0 fully saturated rings. The summed E-state index contributed by atoms with van der Waals surface area (Å²) in [6.07, 6.45) is 0.0869. The molecule has 1 aromatic heterocycles. The van der Waals surface area contributed by atoms with Crippen LogP contribution in [0.3, 0.4) is 0 Å². The molecule has 0 aliphatic rings. The van der Waals surface area contributed by atoms with Gasteiger partial charge in [-0.05, 0) is 24.3 Å². The standard InChI is InChI=1S/C13H13FN2O3S/c1-8(6-12(17)18)20-7-11-15-16-13(19-11)9-2-4-10(14)5-3-9/h2-5,8H,6-7H2,1H3,(H,17,18). The second kappa shape index (κ2) is 6.51. The summed E-state index contributed by atoms with van der Waals surface area (Å²) in [7, 11) is 0. The number of carboxylic acids is 1. The molecule has 0 bridgehead atoms. The third kappa shape index (κ3) is 4.06. The number of thioether (sulfide) groups is 1. The Labute approximate surface area is 119 Å². The second-order valence-corrected chi connectivity index (χ2v) is 5.65. The molecule has 5 nitrogen and oxygen atoms in total. The largest absolute Gasteiger partial charge is 0.481 e. The fourth-order valence-corrected chi connectivity index (χ4v) is 2.34. The normalized spacial score (nSPS) is 12.3. The van der Waals surface area contributed by atoms with E-state index in [9.17, 15) is 9.18 Å². The van der Waals surface area contributed by atoms with Crippen LogP contribution in [0, 0.1) is 5.82 Å². The molecule has 1 atom stereocenters. The summed E-state index contributed by atoms with van der Waals surface area (Å²) in [4.78, 5) is 10.5. The fraction of sp³-hybridized carbons (Fsp3) is 0.308. The van der Waals surface area contributed by atoms with E-state index in [2.05, 4.69) is 10.2 Å². The molecule has 1 heterocycles. The Hall–Kier alpha value is -1.89. The van der Waals surface area contributed by atoms with Crippen LogP contribution in [0.15, 0.2) is 28.7 Å². The van der Waals surface area contributed by atoms with E-state index in [0.29, 0.717) is 23.1 Å². The molecular weight excluding hydrogens is 283 g/mol. The minimum atomic E-state index is -0.831. The third-order valence-electron chi connectivity index (χ3n) is 2.51. The maximum Gasteiger partial charge on any atom is 0.304 e. The predicted molar refractivity (Wildman–Crippen MR) is 72.7 cm³/mol. The molecule has 20 heavy (non-hydrogen) atoms. The van der Waals surface area contributed by atoms with Gasteiger partial charge in [0.2, 0.25) is 11.8 Å². The van der Waals surface area contributed by atoms with E-state index in [1.54, 1.807) is 12.1 Å².